The van der Waals surface area contributed by atoms with Gasteiger partial charge in [0.15, 0.2) is 11.5 Å². The van der Waals surface area contributed by atoms with Crippen molar-refractivity contribution in [3.05, 3.63) is 39.7 Å². The highest BCUT2D eigenvalue weighted by molar-refractivity contribution is 14.1. The molecule has 1 N–H and O–H groups in total. The van der Waals surface area contributed by atoms with Crippen LogP contribution in [0.1, 0.15) is 5.56 Å². The molecule has 0 aliphatic carbocycles. The summed E-state index contributed by atoms with van der Waals surface area (Å²) in [6.45, 7) is 0.760. The Kier molecular flexibility index (Phi) is 5.40. The highest BCUT2D eigenvalue weighted by Gasteiger charge is 2.04. The average molecular weight is 385 g/mol. The number of anilines is 1. The van der Waals surface area contributed by atoms with E-state index in [-0.39, 0.29) is 0 Å². The number of rotatable bonds is 6. The molecule has 0 amide bonds. The lowest BCUT2D eigenvalue weighted by Crippen LogP contribution is -2.08. The van der Waals surface area contributed by atoms with E-state index in [4.69, 9.17) is 9.47 Å². The first-order chi connectivity index (χ1) is 9.72. The van der Waals surface area contributed by atoms with Crippen molar-refractivity contribution in [1.82, 2.24) is 9.97 Å². The summed E-state index contributed by atoms with van der Waals surface area (Å²) in [5, 5.41) is 3.19. The van der Waals surface area contributed by atoms with E-state index in [0.717, 1.165) is 28.0 Å². The number of hydrogen-bond donors (Lipinski definition) is 1. The molecular formula is C14H16IN3O2. The lowest BCUT2D eigenvalue weighted by atomic mass is 10.1. The first-order valence-corrected chi connectivity index (χ1v) is 7.23. The van der Waals surface area contributed by atoms with Gasteiger partial charge in [-0.15, -0.1) is 0 Å². The van der Waals surface area contributed by atoms with E-state index < -0.39 is 0 Å². The monoisotopic (exact) mass is 385 g/mol. The van der Waals surface area contributed by atoms with Crippen LogP contribution in [0.5, 0.6) is 11.5 Å². The van der Waals surface area contributed by atoms with E-state index in [1.807, 2.05) is 18.2 Å². The van der Waals surface area contributed by atoms with Gasteiger partial charge >= 0.3 is 0 Å². The van der Waals surface area contributed by atoms with E-state index in [1.165, 1.54) is 5.56 Å². The van der Waals surface area contributed by atoms with Crippen LogP contribution >= 0.6 is 22.6 Å². The predicted octanol–water partition coefficient (Wildman–Crippen LogP) is 2.75. The molecule has 5 nitrogen and oxygen atoms in total. The first-order valence-electron chi connectivity index (χ1n) is 6.15. The van der Waals surface area contributed by atoms with Crippen LogP contribution in [-0.2, 0) is 6.42 Å². The van der Waals surface area contributed by atoms with Gasteiger partial charge in [0.25, 0.3) is 0 Å². The smallest absolute Gasteiger partial charge is 0.222 e. The molecule has 1 heterocycles. The minimum Gasteiger partial charge on any atom is -0.493 e. The Balaban J connectivity index is 1.92. The summed E-state index contributed by atoms with van der Waals surface area (Å²) in [6, 6.07) is 5.92. The fraction of sp³-hybridized carbons (Fsp3) is 0.286. The van der Waals surface area contributed by atoms with Gasteiger partial charge in [0, 0.05) is 22.5 Å². The van der Waals surface area contributed by atoms with Gasteiger partial charge in [-0.05, 0) is 46.7 Å². The van der Waals surface area contributed by atoms with Crippen molar-refractivity contribution in [3.8, 4) is 11.5 Å². The molecule has 0 aliphatic rings. The van der Waals surface area contributed by atoms with Gasteiger partial charge in [-0.1, -0.05) is 6.07 Å². The Morgan fingerprint density at radius 1 is 1.10 bits per heavy atom. The molecule has 0 atom stereocenters. The number of nitrogens with one attached hydrogen (secondary N) is 1. The van der Waals surface area contributed by atoms with Crippen LogP contribution in [0.3, 0.4) is 0 Å². The molecule has 0 fully saturated rings. The van der Waals surface area contributed by atoms with Crippen LogP contribution in [0, 0.1) is 3.57 Å². The maximum Gasteiger partial charge on any atom is 0.222 e. The van der Waals surface area contributed by atoms with E-state index >= 15 is 0 Å². The minimum atomic E-state index is 0.644. The number of methoxy groups -OCH3 is 2. The molecule has 0 radical (unpaired) electrons. The van der Waals surface area contributed by atoms with E-state index in [0.29, 0.717) is 5.95 Å². The largest absolute Gasteiger partial charge is 0.493 e. The highest BCUT2D eigenvalue weighted by Crippen LogP contribution is 2.27. The summed E-state index contributed by atoms with van der Waals surface area (Å²) in [4.78, 5) is 8.39. The Morgan fingerprint density at radius 3 is 2.45 bits per heavy atom. The normalized spacial score (nSPS) is 10.2. The van der Waals surface area contributed by atoms with Gasteiger partial charge in [0.1, 0.15) is 0 Å². The van der Waals surface area contributed by atoms with Crippen LogP contribution in [0.15, 0.2) is 30.6 Å². The Bertz CT molecular complexity index is 561. The van der Waals surface area contributed by atoms with Gasteiger partial charge < -0.3 is 14.8 Å². The lowest BCUT2D eigenvalue weighted by molar-refractivity contribution is 0.354. The summed E-state index contributed by atoms with van der Waals surface area (Å²) >= 11 is 2.18. The molecule has 20 heavy (non-hydrogen) atoms. The van der Waals surface area contributed by atoms with Crippen molar-refractivity contribution in [1.29, 1.82) is 0 Å². The van der Waals surface area contributed by atoms with Gasteiger partial charge in [-0.3, -0.25) is 0 Å². The van der Waals surface area contributed by atoms with Gasteiger partial charge in [-0.2, -0.15) is 0 Å². The zero-order valence-corrected chi connectivity index (χ0v) is 13.5. The minimum absolute atomic E-state index is 0.644. The fourth-order valence-electron chi connectivity index (χ4n) is 1.76. The van der Waals surface area contributed by atoms with Crippen LogP contribution in [0.25, 0.3) is 0 Å². The number of nitrogens with zero attached hydrogens (tertiary/aromatic N) is 2. The summed E-state index contributed by atoms with van der Waals surface area (Å²) in [5.74, 6) is 2.13. The Labute approximate surface area is 131 Å². The van der Waals surface area contributed by atoms with Crippen molar-refractivity contribution in [3.63, 3.8) is 0 Å². The molecule has 0 spiro atoms. The average Bonchev–Trinajstić information content (AvgIpc) is 2.49. The second kappa shape index (κ2) is 7.28. The number of ether oxygens (including phenoxy) is 2. The number of hydrogen-bond acceptors (Lipinski definition) is 5. The van der Waals surface area contributed by atoms with Crippen LogP contribution in [0.2, 0.25) is 0 Å². The first kappa shape index (κ1) is 14.8. The second-order valence-electron chi connectivity index (χ2n) is 4.09. The zero-order valence-electron chi connectivity index (χ0n) is 11.4. The molecule has 6 heteroatoms. The van der Waals surface area contributed by atoms with Gasteiger partial charge in [0.05, 0.1) is 14.2 Å². The number of benzene rings is 1. The van der Waals surface area contributed by atoms with Crippen LogP contribution in [-0.4, -0.2) is 30.7 Å². The van der Waals surface area contributed by atoms with Crippen molar-refractivity contribution in [2.45, 2.75) is 6.42 Å². The topological polar surface area (TPSA) is 56.3 Å². The number of aromatic nitrogens is 2. The maximum absolute atomic E-state index is 5.28. The van der Waals surface area contributed by atoms with Crippen molar-refractivity contribution < 1.29 is 9.47 Å². The molecule has 0 bridgehead atoms. The zero-order chi connectivity index (χ0) is 14.4. The summed E-state index contributed by atoms with van der Waals surface area (Å²) in [6.07, 6.45) is 4.42. The second-order valence-corrected chi connectivity index (χ2v) is 5.34. The Hall–Kier alpha value is -1.57. The van der Waals surface area contributed by atoms with E-state index in [9.17, 15) is 0 Å². The van der Waals surface area contributed by atoms with Crippen LogP contribution in [0.4, 0.5) is 5.95 Å². The SMILES string of the molecule is COc1ccc(CCNc2ncc(I)cn2)cc1OC. The molecule has 2 aromatic rings. The van der Waals surface area contributed by atoms with E-state index in [2.05, 4.69) is 37.9 Å². The standard InChI is InChI=1S/C14H16IN3O2/c1-19-12-4-3-10(7-13(12)20-2)5-6-16-14-17-8-11(15)9-18-14/h3-4,7-9H,5-6H2,1-2H3,(H,16,17,18). The molecule has 0 aliphatic heterocycles. The third-order valence-corrected chi connectivity index (χ3v) is 3.32. The van der Waals surface area contributed by atoms with Crippen molar-refractivity contribution in [2.24, 2.45) is 0 Å². The summed E-state index contributed by atoms with van der Waals surface area (Å²) < 4.78 is 11.5. The molecule has 1 aromatic carbocycles. The third kappa shape index (κ3) is 3.96. The summed E-state index contributed by atoms with van der Waals surface area (Å²) in [5.41, 5.74) is 1.17. The molecule has 0 unspecified atom stereocenters. The fourth-order valence-corrected chi connectivity index (χ4v) is 2.04. The summed E-state index contributed by atoms with van der Waals surface area (Å²) in [7, 11) is 3.27. The van der Waals surface area contributed by atoms with Crippen molar-refractivity contribution in [2.75, 3.05) is 26.1 Å². The molecule has 106 valence electrons. The van der Waals surface area contributed by atoms with Gasteiger partial charge in [-0.25, -0.2) is 9.97 Å². The van der Waals surface area contributed by atoms with Crippen molar-refractivity contribution >= 4 is 28.5 Å². The molecule has 0 saturated heterocycles. The maximum atomic E-state index is 5.28. The quantitative estimate of drug-likeness (QED) is 0.776. The van der Waals surface area contributed by atoms with Gasteiger partial charge in [0.2, 0.25) is 5.95 Å². The highest BCUT2D eigenvalue weighted by atomic mass is 127. The third-order valence-electron chi connectivity index (χ3n) is 2.77. The predicted molar refractivity (Wildman–Crippen MR) is 86.5 cm³/mol. The lowest BCUT2D eigenvalue weighted by Gasteiger charge is -2.10. The van der Waals surface area contributed by atoms with E-state index in [1.54, 1.807) is 26.6 Å². The molecule has 1 aromatic heterocycles. The Morgan fingerprint density at radius 2 is 1.80 bits per heavy atom. The molecule has 2 rings (SSSR count). The molecular weight excluding hydrogens is 369 g/mol. The number of halogens is 1. The molecule has 0 saturated carbocycles. The van der Waals surface area contributed by atoms with Crippen LogP contribution < -0.4 is 14.8 Å².